The Balaban J connectivity index is 1.89. The fourth-order valence-corrected chi connectivity index (χ4v) is 4.23. The van der Waals surface area contributed by atoms with Crippen LogP contribution in [-0.4, -0.2) is 15.6 Å². The minimum absolute atomic E-state index is 0.207. The van der Waals surface area contributed by atoms with E-state index >= 15 is 0 Å². The lowest BCUT2D eigenvalue weighted by atomic mass is 9.61. The van der Waals surface area contributed by atoms with Crippen LogP contribution < -0.4 is 4.74 Å². The number of fused-ring (bicyclic) bond motifs is 1. The molecule has 1 aromatic carbocycles. The van der Waals surface area contributed by atoms with E-state index in [1.807, 2.05) is 12.1 Å². The number of imidazole rings is 1. The first-order valence-electron chi connectivity index (χ1n) is 9.10. The second kappa shape index (κ2) is 6.66. The zero-order valence-corrected chi connectivity index (χ0v) is 15.8. The normalized spacial score (nSPS) is 20.4. The van der Waals surface area contributed by atoms with E-state index in [1.165, 1.54) is 28.4 Å². The van der Waals surface area contributed by atoms with E-state index in [-0.39, 0.29) is 5.41 Å². The van der Waals surface area contributed by atoms with Crippen molar-refractivity contribution in [3.05, 3.63) is 48.0 Å². The smallest absolute Gasteiger partial charge is 0.410 e. The third-order valence-electron chi connectivity index (χ3n) is 5.33. The number of ether oxygens (including phenoxy) is 1. The van der Waals surface area contributed by atoms with Crippen molar-refractivity contribution in [1.82, 2.24) is 9.55 Å². The molecular weight excluding hydrogens is 312 g/mol. The molecule has 0 N–H and O–H groups in total. The molecule has 4 heteroatoms. The standard InChI is InChI=1S/C21H28N2O2/c1-14(2)17-8-6-15-12-16(25-20(24)23-11-10-22-13-23)7-9-18(15)19(17)21(3,4)5/h7,9-14,17,19H,6,8H2,1-5H3. The van der Waals surface area contributed by atoms with Crippen LogP contribution in [0.3, 0.4) is 0 Å². The van der Waals surface area contributed by atoms with Crippen molar-refractivity contribution in [3.63, 3.8) is 0 Å². The number of hydrogen-bond acceptors (Lipinski definition) is 3. The van der Waals surface area contributed by atoms with Gasteiger partial charge in [-0.05, 0) is 59.3 Å². The van der Waals surface area contributed by atoms with Gasteiger partial charge < -0.3 is 4.74 Å². The summed E-state index contributed by atoms with van der Waals surface area (Å²) in [6.07, 6.45) is 6.40. The Bertz CT molecular complexity index is 742. The maximum absolute atomic E-state index is 12.1. The van der Waals surface area contributed by atoms with Crippen molar-refractivity contribution >= 4 is 6.09 Å². The van der Waals surface area contributed by atoms with Gasteiger partial charge in [0.1, 0.15) is 12.1 Å². The van der Waals surface area contributed by atoms with Crippen LogP contribution in [0.5, 0.6) is 5.75 Å². The number of rotatable bonds is 2. The van der Waals surface area contributed by atoms with E-state index in [1.54, 1.807) is 12.4 Å². The van der Waals surface area contributed by atoms with Gasteiger partial charge in [-0.2, -0.15) is 0 Å². The van der Waals surface area contributed by atoms with Crippen LogP contribution in [-0.2, 0) is 6.42 Å². The third kappa shape index (κ3) is 3.63. The highest BCUT2D eigenvalue weighted by atomic mass is 16.6. The summed E-state index contributed by atoms with van der Waals surface area (Å²) in [5, 5.41) is 0. The highest BCUT2D eigenvalue weighted by Crippen LogP contribution is 2.50. The average molecular weight is 340 g/mol. The first-order chi connectivity index (χ1) is 11.8. The summed E-state index contributed by atoms with van der Waals surface area (Å²) in [5.41, 5.74) is 2.94. The van der Waals surface area contributed by atoms with Gasteiger partial charge in [-0.25, -0.2) is 14.3 Å². The number of carbonyl (C=O) groups is 1. The molecule has 0 bridgehead atoms. The molecule has 1 heterocycles. The van der Waals surface area contributed by atoms with Crippen LogP contribution in [0.4, 0.5) is 4.79 Å². The Morgan fingerprint density at radius 1 is 1.32 bits per heavy atom. The SMILES string of the molecule is CC(C)C1CCc2cc(OC(=O)n3ccnc3)ccc2C1C(C)(C)C. The minimum atomic E-state index is -0.430. The molecule has 2 atom stereocenters. The first kappa shape index (κ1) is 17.7. The van der Waals surface area contributed by atoms with Crippen LogP contribution in [0.15, 0.2) is 36.9 Å². The Morgan fingerprint density at radius 2 is 2.08 bits per heavy atom. The summed E-state index contributed by atoms with van der Waals surface area (Å²) in [6, 6.07) is 6.13. The quantitative estimate of drug-likeness (QED) is 0.747. The van der Waals surface area contributed by atoms with Crippen molar-refractivity contribution in [2.24, 2.45) is 17.3 Å². The molecule has 0 saturated heterocycles. The van der Waals surface area contributed by atoms with E-state index in [2.05, 4.69) is 45.7 Å². The second-order valence-electron chi connectivity index (χ2n) is 8.49. The summed E-state index contributed by atoms with van der Waals surface area (Å²) >= 11 is 0. The molecule has 0 fully saturated rings. The second-order valence-corrected chi connectivity index (χ2v) is 8.49. The fourth-order valence-electron chi connectivity index (χ4n) is 4.23. The van der Waals surface area contributed by atoms with Gasteiger partial charge in [0.25, 0.3) is 0 Å². The van der Waals surface area contributed by atoms with E-state index in [0.717, 1.165) is 6.42 Å². The molecule has 2 unspecified atom stereocenters. The van der Waals surface area contributed by atoms with Gasteiger partial charge >= 0.3 is 6.09 Å². The molecule has 0 spiro atoms. The first-order valence-corrected chi connectivity index (χ1v) is 9.10. The molecule has 4 nitrogen and oxygen atoms in total. The fraction of sp³-hybridized carbons (Fsp3) is 0.524. The summed E-state index contributed by atoms with van der Waals surface area (Å²) in [4.78, 5) is 16.0. The van der Waals surface area contributed by atoms with Crippen molar-refractivity contribution in [2.75, 3.05) is 0 Å². The Hall–Kier alpha value is -2.10. The van der Waals surface area contributed by atoms with Gasteiger partial charge in [0.2, 0.25) is 0 Å². The summed E-state index contributed by atoms with van der Waals surface area (Å²) in [7, 11) is 0. The molecule has 0 radical (unpaired) electrons. The highest BCUT2D eigenvalue weighted by Gasteiger charge is 2.38. The van der Waals surface area contributed by atoms with Crippen LogP contribution in [0.25, 0.3) is 0 Å². The molecule has 0 amide bonds. The third-order valence-corrected chi connectivity index (χ3v) is 5.33. The van der Waals surface area contributed by atoms with Crippen molar-refractivity contribution in [3.8, 4) is 5.75 Å². The lowest BCUT2D eigenvalue weighted by Gasteiger charge is -2.44. The van der Waals surface area contributed by atoms with Crippen molar-refractivity contribution in [1.29, 1.82) is 0 Å². The van der Waals surface area contributed by atoms with E-state index in [0.29, 0.717) is 23.5 Å². The topological polar surface area (TPSA) is 44.1 Å². The van der Waals surface area contributed by atoms with Gasteiger partial charge in [-0.15, -0.1) is 0 Å². The number of aromatic nitrogens is 2. The molecule has 134 valence electrons. The molecule has 3 rings (SSSR count). The average Bonchev–Trinajstić information content (AvgIpc) is 3.07. The molecule has 0 aliphatic heterocycles. The van der Waals surface area contributed by atoms with Gasteiger partial charge in [0, 0.05) is 12.4 Å². The van der Waals surface area contributed by atoms with Gasteiger partial charge in [0.05, 0.1) is 0 Å². The van der Waals surface area contributed by atoms with Crippen LogP contribution in [0.1, 0.15) is 58.1 Å². The van der Waals surface area contributed by atoms with E-state index < -0.39 is 6.09 Å². The Morgan fingerprint density at radius 3 is 2.68 bits per heavy atom. The molecular formula is C21H28N2O2. The predicted octanol–water partition coefficient (Wildman–Crippen LogP) is 5.28. The molecule has 1 aliphatic carbocycles. The predicted molar refractivity (Wildman–Crippen MR) is 98.9 cm³/mol. The largest absolute Gasteiger partial charge is 0.424 e. The number of aryl methyl sites for hydroxylation is 1. The van der Waals surface area contributed by atoms with Gasteiger partial charge in [-0.1, -0.05) is 40.7 Å². The zero-order valence-electron chi connectivity index (χ0n) is 15.8. The minimum Gasteiger partial charge on any atom is -0.410 e. The van der Waals surface area contributed by atoms with Crippen LogP contribution >= 0.6 is 0 Å². The van der Waals surface area contributed by atoms with Crippen LogP contribution in [0, 0.1) is 17.3 Å². The van der Waals surface area contributed by atoms with Crippen molar-refractivity contribution < 1.29 is 9.53 Å². The number of carbonyl (C=O) groups excluding carboxylic acids is 1. The number of benzene rings is 1. The highest BCUT2D eigenvalue weighted by molar-refractivity contribution is 5.73. The lowest BCUT2D eigenvalue weighted by Crippen LogP contribution is -2.33. The summed E-state index contributed by atoms with van der Waals surface area (Å²) in [5.74, 6) is 2.48. The summed E-state index contributed by atoms with van der Waals surface area (Å²) in [6.45, 7) is 11.6. The Labute approximate surface area is 150 Å². The number of hydrogen-bond donors (Lipinski definition) is 0. The van der Waals surface area contributed by atoms with Gasteiger partial charge in [0.15, 0.2) is 0 Å². The maximum atomic E-state index is 12.1. The molecule has 2 aromatic rings. The van der Waals surface area contributed by atoms with Gasteiger partial charge in [-0.3, -0.25) is 0 Å². The zero-order chi connectivity index (χ0) is 18.2. The maximum Gasteiger partial charge on any atom is 0.424 e. The monoisotopic (exact) mass is 340 g/mol. The number of nitrogens with zero attached hydrogens (tertiary/aromatic N) is 2. The lowest BCUT2D eigenvalue weighted by molar-refractivity contribution is 0.169. The van der Waals surface area contributed by atoms with Crippen molar-refractivity contribution in [2.45, 2.75) is 53.4 Å². The molecule has 0 saturated carbocycles. The summed E-state index contributed by atoms with van der Waals surface area (Å²) < 4.78 is 6.84. The molecule has 1 aromatic heterocycles. The van der Waals surface area contributed by atoms with Crippen LogP contribution in [0.2, 0.25) is 0 Å². The molecule has 1 aliphatic rings. The Kier molecular flexibility index (Phi) is 4.72. The van der Waals surface area contributed by atoms with E-state index in [4.69, 9.17) is 4.74 Å². The van der Waals surface area contributed by atoms with E-state index in [9.17, 15) is 4.79 Å². The molecule has 25 heavy (non-hydrogen) atoms.